The van der Waals surface area contributed by atoms with Crippen LogP contribution >= 0.6 is 0 Å². The zero-order valence-electron chi connectivity index (χ0n) is 13.3. The van der Waals surface area contributed by atoms with Crippen molar-refractivity contribution in [2.24, 2.45) is 10.2 Å². The molecular formula is C14H16N4O6S2. The molecule has 0 saturated carbocycles. The quantitative estimate of drug-likeness (QED) is 0.358. The standard InChI is InChI=1S/C14H16N4O6S2/c15-10-1-6-14(13(16)9-10)18-17-11-2-4-12(5-3-11)25(19,20)8-7-24-26(21,22)23/h1-6,9H,7-8,15-16H2,(H,21,22,23). The van der Waals surface area contributed by atoms with E-state index in [0.717, 1.165) is 0 Å². The Morgan fingerprint density at radius 2 is 1.62 bits per heavy atom. The topological polar surface area (TPSA) is 174 Å². The van der Waals surface area contributed by atoms with Gasteiger partial charge in [0.25, 0.3) is 0 Å². The van der Waals surface area contributed by atoms with Crippen LogP contribution in [-0.4, -0.2) is 33.7 Å². The van der Waals surface area contributed by atoms with E-state index in [1.165, 1.54) is 24.3 Å². The highest BCUT2D eigenvalue weighted by Gasteiger charge is 2.16. The van der Waals surface area contributed by atoms with Crippen LogP contribution in [0.3, 0.4) is 0 Å². The Labute approximate surface area is 150 Å². The highest BCUT2D eigenvalue weighted by molar-refractivity contribution is 7.91. The monoisotopic (exact) mass is 400 g/mol. The van der Waals surface area contributed by atoms with Crippen LogP contribution in [-0.2, 0) is 24.4 Å². The molecule has 2 aromatic rings. The van der Waals surface area contributed by atoms with Gasteiger partial charge in [-0.2, -0.15) is 13.5 Å². The number of hydrogen-bond donors (Lipinski definition) is 3. The minimum atomic E-state index is -4.69. The molecule has 0 unspecified atom stereocenters. The lowest BCUT2D eigenvalue weighted by Gasteiger charge is -2.04. The average Bonchev–Trinajstić information content (AvgIpc) is 2.53. The Balaban J connectivity index is 2.08. The second-order valence-electron chi connectivity index (χ2n) is 5.08. The molecular weight excluding hydrogens is 384 g/mol. The third kappa shape index (κ3) is 5.77. The first kappa shape index (κ1) is 19.8. The molecule has 0 aliphatic heterocycles. The Hall–Kier alpha value is -2.54. The fraction of sp³-hybridized carbons (Fsp3) is 0.143. The summed E-state index contributed by atoms with van der Waals surface area (Å²) in [6.07, 6.45) is 0. The number of hydrogen-bond acceptors (Lipinski definition) is 9. The summed E-state index contributed by atoms with van der Waals surface area (Å²) in [6.45, 7) is -0.695. The fourth-order valence-electron chi connectivity index (χ4n) is 1.86. The summed E-state index contributed by atoms with van der Waals surface area (Å²) in [6, 6.07) is 10.2. The van der Waals surface area contributed by atoms with E-state index in [2.05, 4.69) is 14.4 Å². The SMILES string of the molecule is Nc1ccc(N=Nc2ccc(S(=O)(=O)CCOS(=O)(=O)O)cc2)c(N)c1. The predicted octanol–water partition coefficient (Wildman–Crippen LogP) is 1.86. The van der Waals surface area contributed by atoms with Crippen molar-refractivity contribution in [2.75, 3.05) is 23.8 Å². The van der Waals surface area contributed by atoms with Crippen molar-refractivity contribution in [1.29, 1.82) is 0 Å². The van der Waals surface area contributed by atoms with Gasteiger partial charge in [0, 0.05) is 5.69 Å². The van der Waals surface area contributed by atoms with E-state index in [1.807, 2.05) is 0 Å². The lowest BCUT2D eigenvalue weighted by atomic mass is 10.2. The molecule has 0 saturated heterocycles. The van der Waals surface area contributed by atoms with Crippen LogP contribution in [0.4, 0.5) is 22.7 Å². The first-order valence-electron chi connectivity index (χ1n) is 7.08. The number of azo groups is 1. The van der Waals surface area contributed by atoms with Gasteiger partial charge in [-0.1, -0.05) is 0 Å². The summed E-state index contributed by atoms with van der Waals surface area (Å²) >= 11 is 0. The van der Waals surface area contributed by atoms with Gasteiger partial charge in [-0.05, 0) is 42.5 Å². The highest BCUT2D eigenvalue weighted by atomic mass is 32.3. The maximum Gasteiger partial charge on any atom is 0.397 e. The van der Waals surface area contributed by atoms with Crippen molar-refractivity contribution in [3.63, 3.8) is 0 Å². The van der Waals surface area contributed by atoms with E-state index in [0.29, 0.717) is 22.7 Å². The first-order valence-corrected chi connectivity index (χ1v) is 10.1. The van der Waals surface area contributed by atoms with Crippen molar-refractivity contribution < 1.29 is 25.6 Å². The van der Waals surface area contributed by atoms with Crippen LogP contribution in [0.15, 0.2) is 57.6 Å². The molecule has 0 aliphatic carbocycles. The van der Waals surface area contributed by atoms with Gasteiger partial charge in [0.2, 0.25) is 0 Å². The third-order valence-electron chi connectivity index (χ3n) is 3.10. The Morgan fingerprint density at radius 1 is 0.962 bits per heavy atom. The third-order valence-corrected chi connectivity index (χ3v) is 5.26. The molecule has 2 aromatic carbocycles. The van der Waals surface area contributed by atoms with Gasteiger partial charge < -0.3 is 11.5 Å². The maximum absolute atomic E-state index is 12.0. The predicted molar refractivity (Wildman–Crippen MR) is 95.4 cm³/mol. The molecule has 0 aromatic heterocycles. The molecule has 12 heteroatoms. The number of anilines is 2. The minimum Gasteiger partial charge on any atom is -0.399 e. The van der Waals surface area contributed by atoms with Gasteiger partial charge in [0.05, 0.1) is 28.6 Å². The van der Waals surface area contributed by atoms with Gasteiger partial charge >= 0.3 is 10.4 Å². The second kappa shape index (κ2) is 7.78. The van der Waals surface area contributed by atoms with Crippen molar-refractivity contribution in [1.82, 2.24) is 0 Å². The van der Waals surface area contributed by atoms with Gasteiger partial charge in [-0.15, -0.1) is 5.11 Å². The maximum atomic E-state index is 12.0. The molecule has 0 spiro atoms. The summed E-state index contributed by atoms with van der Waals surface area (Å²) in [4.78, 5) is -0.0533. The zero-order chi connectivity index (χ0) is 19.4. The lowest BCUT2D eigenvalue weighted by molar-refractivity contribution is 0.284. The summed E-state index contributed by atoms with van der Waals surface area (Å²) in [5.41, 5.74) is 13.0. The number of benzene rings is 2. The van der Waals surface area contributed by atoms with Crippen molar-refractivity contribution in [3.05, 3.63) is 42.5 Å². The van der Waals surface area contributed by atoms with Crippen LogP contribution in [0.25, 0.3) is 0 Å². The summed E-state index contributed by atoms with van der Waals surface area (Å²) in [5.74, 6) is -0.615. The summed E-state index contributed by atoms with van der Waals surface area (Å²) < 4.78 is 57.4. The molecule has 2 rings (SSSR count). The average molecular weight is 400 g/mol. The summed E-state index contributed by atoms with van der Waals surface area (Å²) in [7, 11) is -8.47. The molecule has 10 nitrogen and oxygen atoms in total. The molecule has 5 N–H and O–H groups in total. The van der Waals surface area contributed by atoms with Crippen LogP contribution in [0.1, 0.15) is 0 Å². The van der Waals surface area contributed by atoms with E-state index >= 15 is 0 Å². The molecule has 140 valence electrons. The van der Waals surface area contributed by atoms with Crippen LogP contribution in [0.5, 0.6) is 0 Å². The zero-order valence-corrected chi connectivity index (χ0v) is 14.9. The fourth-order valence-corrected chi connectivity index (χ4v) is 3.35. The van der Waals surface area contributed by atoms with Gasteiger partial charge in [-0.25, -0.2) is 12.6 Å². The second-order valence-corrected chi connectivity index (χ2v) is 8.28. The normalized spacial score (nSPS) is 12.5. The van der Waals surface area contributed by atoms with Gasteiger partial charge in [-0.3, -0.25) is 4.55 Å². The summed E-state index contributed by atoms with van der Waals surface area (Å²) in [5, 5.41) is 7.92. The number of nitrogens with two attached hydrogens (primary N) is 2. The highest BCUT2D eigenvalue weighted by Crippen LogP contribution is 2.26. The molecule has 0 atom stereocenters. The van der Waals surface area contributed by atoms with Gasteiger partial charge in [0.15, 0.2) is 9.84 Å². The molecule has 0 aliphatic rings. The van der Waals surface area contributed by atoms with Crippen molar-refractivity contribution in [2.45, 2.75) is 4.90 Å². The van der Waals surface area contributed by atoms with Gasteiger partial charge in [0.1, 0.15) is 5.69 Å². The van der Waals surface area contributed by atoms with Crippen LogP contribution in [0.2, 0.25) is 0 Å². The Kier molecular flexibility index (Phi) is 5.92. The molecule has 0 bridgehead atoms. The van der Waals surface area contributed by atoms with Crippen LogP contribution < -0.4 is 11.5 Å². The van der Waals surface area contributed by atoms with E-state index in [1.54, 1.807) is 18.2 Å². The molecule has 0 amide bonds. The Morgan fingerprint density at radius 3 is 2.19 bits per heavy atom. The van der Waals surface area contributed by atoms with Crippen LogP contribution in [0, 0.1) is 0 Å². The number of rotatable bonds is 7. The number of nitrogens with zero attached hydrogens (tertiary/aromatic N) is 2. The first-order chi connectivity index (χ1) is 12.1. The van der Waals surface area contributed by atoms with E-state index in [9.17, 15) is 16.8 Å². The smallest absolute Gasteiger partial charge is 0.397 e. The Bertz CT molecular complexity index is 1020. The lowest BCUT2D eigenvalue weighted by Crippen LogP contribution is -2.15. The largest absolute Gasteiger partial charge is 0.399 e. The number of sulfone groups is 1. The van der Waals surface area contributed by atoms with E-state index in [-0.39, 0.29) is 4.90 Å². The molecule has 0 heterocycles. The van der Waals surface area contributed by atoms with Crippen molar-refractivity contribution in [3.8, 4) is 0 Å². The molecule has 26 heavy (non-hydrogen) atoms. The van der Waals surface area contributed by atoms with Crippen molar-refractivity contribution >= 4 is 43.0 Å². The van der Waals surface area contributed by atoms with E-state index < -0.39 is 32.6 Å². The van der Waals surface area contributed by atoms with E-state index in [4.69, 9.17) is 16.0 Å². The molecule has 0 radical (unpaired) electrons. The minimum absolute atomic E-state index is 0.0533. The molecule has 0 fully saturated rings. The number of nitrogen functional groups attached to an aromatic ring is 2.